The minimum absolute atomic E-state index is 0.138. The van der Waals surface area contributed by atoms with Crippen LogP contribution in [0.2, 0.25) is 0 Å². The molecule has 0 aromatic heterocycles. The Balaban J connectivity index is 2.18. The molecule has 21 heavy (non-hydrogen) atoms. The summed E-state index contributed by atoms with van der Waals surface area (Å²) in [6, 6.07) is 7.28. The number of benzene rings is 1. The second-order valence-corrected chi connectivity index (χ2v) is 4.95. The Bertz CT molecular complexity index is 457. The topological polar surface area (TPSA) is 67.4 Å². The van der Waals surface area contributed by atoms with E-state index < -0.39 is 6.04 Å². The van der Waals surface area contributed by atoms with Crippen LogP contribution >= 0.6 is 0 Å². The standard InChI is InChI=1S/C16H24N2O3/c1-4-17-16(20)13(3)18-15(19)6-5-11-21-14-9-7-12(2)8-10-14/h7-10,13H,4-6,11H2,1-3H3,(H,17,20)(H,18,19)/t13-/m0/s1. The lowest BCUT2D eigenvalue weighted by molar-refractivity contribution is -0.128. The monoisotopic (exact) mass is 292 g/mol. The summed E-state index contributed by atoms with van der Waals surface area (Å²) in [6.07, 6.45) is 0.956. The largest absolute Gasteiger partial charge is 0.494 e. The van der Waals surface area contributed by atoms with Crippen molar-refractivity contribution in [3.8, 4) is 5.75 Å². The Morgan fingerprint density at radius 1 is 1.24 bits per heavy atom. The Morgan fingerprint density at radius 3 is 2.52 bits per heavy atom. The van der Waals surface area contributed by atoms with Crippen molar-refractivity contribution < 1.29 is 14.3 Å². The van der Waals surface area contributed by atoms with E-state index in [1.165, 1.54) is 5.56 Å². The highest BCUT2D eigenvalue weighted by atomic mass is 16.5. The zero-order valence-electron chi connectivity index (χ0n) is 12.9. The summed E-state index contributed by atoms with van der Waals surface area (Å²) in [5.41, 5.74) is 1.18. The number of carbonyl (C=O) groups is 2. The number of rotatable bonds is 8. The maximum absolute atomic E-state index is 11.7. The van der Waals surface area contributed by atoms with Gasteiger partial charge in [-0.15, -0.1) is 0 Å². The Hall–Kier alpha value is -2.04. The number of hydrogen-bond acceptors (Lipinski definition) is 3. The van der Waals surface area contributed by atoms with Crippen molar-refractivity contribution in [2.45, 2.75) is 39.7 Å². The van der Waals surface area contributed by atoms with Gasteiger partial charge in [0, 0.05) is 13.0 Å². The van der Waals surface area contributed by atoms with Gasteiger partial charge in [-0.05, 0) is 39.3 Å². The van der Waals surface area contributed by atoms with E-state index in [0.29, 0.717) is 26.0 Å². The van der Waals surface area contributed by atoms with E-state index in [-0.39, 0.29) is 11.8 Å². The lowest BCUT2D eigenvalue weighted by Crippen LogP contribution is -2.44. The molecule has 0 aliphatic heterocycles. The lowest BCUT2D eigenvalue weighted by atomic mass is 10.2. The molecule has 0 aliphatic rings. The molecule has 2 amide bonds. The number of likely N-dealkylation sites (N-methyl/N-ethyl adjacent to an activating group) is 1. The molecule has 1 rings (SSSR count). The Labute approximate surface area is 126 Å². The third-order valence-electron chi connectivity index (χ3n) is 2.96. The average molecular weight is 292 g/mol. The van der Waals surface area contributed by atoms with Gasteiger partial charge in [0.05, 0.1) is 6.61 Å². The zero-order valence-corrected chi connectivity index (χ0v) is 12.9. The lowest BCUT2D eigenvalue weighted by Gasteiger charge is -2.13. The van der Waals surface area contributed by atoms with Crippen LogP contribution < -0.4 is 15.4 Å². The average Bonchev–Trinajstić information content (AvgIpc) is 2.45. The minimum Gasteiger partial charge on any atom is -0.494 e. The Morgan fingerprint density at radius 2 is 1.90 bits per heavy atom. The van der Waals surface area contributed by atoms with Crippen LogP contribution in [0.1, 0.15) is 32.3 Å². The quantitative estimate of drug-likeness (QED) is 0.718. The van der Waals surface area contributed by atoms with Gasteiger partial charge in [0.1, 0.15) is 11.8 Å². The molecule has 0 aliphatic carbocycles. The van der Waals surface area contributed by atoms with E-state index in [9.17, 15) is 9.59 Å². The van der Waals surface area contributed by atoms with Crippen molar-refractivity contribution in [3.63, 3.8) is 0 Å². The third kappa shape index (κ3) is 6.79. The van der Waals surface area contributed by atoms with Crippen molar-refractivity contribution in [1.29, 1.82) is 0 Å². The molecular formula is C16H24N2O3. The molecule has 2 N–H and O–H groups in total. The van der Waals surface area contributed by atoms with Gasteiger partial charge < -0.3 is 15.4 Å². The van der Waals surface area contributed by atoms with E-state index in [1.807, 2.05) is 38.1 Å². The van der Waals surface area contributed by atoms with Gasteiger partial charge in [-0.1, -0.05) is 17.7 Å². The molecule has 0 unspecified atom stereocenters. The first-order valence-corrected chi connectivity index (χ1v) is 7.29. The summed E-state index contributed by atoms with van der Waals surface area (Å²) in [7, 11) is 0. The number of aryl methyl sites for hydroxylation is 1. The molecule has 1 atom stereocenters. The minimum atomic E-state index is -0.504. The van der Waals surface area contributed by atoms with Crippen LogP contribution in [0.4, 0.5) is 0 Å². The highest BCUT2D eigenvalue weighted by Gasteiger charge is 2.13. The third-order valence-corrected chi connectivity index (χ3v) is 2.96. The summed E-state index contributed by atoms with van der Waals surface area (Å²) in [5.74, 6) is 0.500. The number of nitrogens with one attached hydrogen (secondary N) is 2. The number of ether oxygens (including phenoxy) is 1. The van der Waals surface area contributed by atoms with E-state index in [0.717, 1.165) is 5.75 Å². The van der Waals surface area contributed by atoms with Crippen molar-refractivity contribution in [2.75, 3.05) is 13.2 Å². The second-order valence-electron chi connectivity index (χ2n) is 4.95. The summed E-state index contributed by atoms with van der Waals surface area (Å²) in [6.45, 7) is 6.57. The van der Waals surface area contributed by atoms with Gasteiger partial charge in [-0.2, -0.15) is 0 Å². The molecule has 0 saturated heterocycles. The van der Waals surface area contributed by atoms with Crippen LogP contribution in [0.15, 0.2) is 24.3 Å². The first-order valence-electron chi connectivity index (χ1n) is 7.29. The van der Waals surface area contributed by atoms with Crippen LogP contribution in [-0.4, -0.2) is 31.0 Å². The number of hydrogen-bond donors (Lipinski definition) is 2. The molecule has 0 spiro atoms. The highest BCUT2D eigenvalue weighted by Crippen LogP contribution is 2.11. The molecule has 1 aromatic rings. The summed E-state index contributed by atoms with van der Waals surface area (Å²) in [4.78, 5) is 23.1. The van der Waals surface area contributed by atoms with Gasteiger partial charge >= 0.3 is 0 Å². The van der Waals surface area contributed by atoms with Gasteiger partial charge in [-0.3, -0.25) is 9.59 Å². The fourth-order valence-corrected chi connectivity index (χ4v) is 1.76. The predicted octanol–water partition coefficient (Wildman–Crippen LogP) is 1.79. The molecule has 0 saturated carbocycles. The van der Waals surface area contributed by atoms with Gasteiger partial charge in [-0.25, -0.2) is 0 Å². The summed E-state index contributed by atoms with van der Waals surface area (Å²) >= 11 is 0. The van der Waals surface area contributed by atoms with E-state index in [4.69, 9.17) is 4.74 Å². The smallest absolute Gasteiger partial charge is 0.242 e. The van der Waals surface area contributed by atoms with Crippen LogP contribution in [0.25, 0.3) is 0 Å². The van der Waals surface area contributed by atoms with Crippen molar-refractivity contribution in [3.05, 3.63) is 29.8 Å². The fraction of sp³-hybridized carbons (Fsp3) is 0.500. The van der Waals surface area contributed by atoms with Crippen LogP contribution in [-0.2, 0) is 9.59 Å². The molecule has 116 valence electrons. The first kappa shape index (κ1) is 17.0. The molecule has 0 radical (unpaired) electrons. The maximum Gasteiger partial charge on any atom is 0.242 e. The SMILES string of the molecule is CCNC(=O)[C@H](C)NC(=O)CCCOc1ccc(C)cc1. The molecule has 0 heterocycles. The maximum atomic E-state index is 11.7. The fourth-order valence-electron chi connectivity index (χ4n) is 1.76. The van der Waals surface area contributed by atoms with E-state index in [1.54, 1.807) is 6.92 Å². The number of carbonyl (C=O) groups excluding carboxylic acids is 2. The van der Waals surface area contributed by atoms with Gasteiger partial charge in [0.2, 0.25) is 11.8 Å². The molecule has 1 aromatic carbocycles. The van der Waals surface area contributed by atoms with Crippen LogP contribution in [0, 0.1) is 6.92 Å². The molecule has 5 nitrogen and oxygen atoms in total. The van der Waals surface area contributed by atoms with Gasteiger partial charge in [0.25, 0.3) is 0 Å². The predicted molar refractivity (Wildman–Crippen MR) is 82.2 cm³/mol. The molecule has 0 fully saturated rings. The van der Waals surface area contributed by atoms with Gasteiger partial charge in [0.15, 0.2) is 0 Å². The molecule has 5 heteroatoms. The zero-order chi connectivity index (χ0) is 15.7. The van der Waals surface area contributed by atoms with E-state index in [2.05, 4.69) is 10.6 Å². The van der Waals surface area contributed by atoms with Crippen LogP contribution in [0.3, 0.4) is 0 Å². The first-order chi connectivity index (χ1) is 10.0. The second kappa shape index (κ2) is 9.00. The Kier molecular flexibility index (Phi) is 7.29. The number of amides is 2. The van der Waals surface area contributed by atoms with Crippen molar-refractivity contribution in [2.24, 2.45) is 0 Å². The van der Waals surface area contributed by atoms with Crippen molar-refractivity contribution >= 4 is 11.8 Å². The van der Waals surface area contributed by atoms with Crippen molar-refractivity contribution in [1.82, 2.24) is 10.6 Å². The summed E-state index contributed by atoms with van der Waals surface area (Å²) < 4.78 is 5.54. The normalized spacial score (nSPS) is 11.6. The summed E-state index contributed by atoms with van der Waals surface area (Å²) in [5, 5.41) is 5.33. The van der Waals surface area contributed by atoms with E-state index >= 15 is 0 Å². The molecule has 0 bridgehead atoms. The highest BCUT2D eigenvalue weighted by molar-refractivity contribution is 5.87. The molecular weight excluding hydrogens is 268 g/mol. The van der Waals surface area contributed by atoms with Crippen LogP contribution in [0.5, 0.6) is 5.75 Å².